The van der Waals surface area contributed by atoms with E-state index in [9.17, 15) is 4.39 Å². The lowest BCUT2D eigenvalue weighted by Crippen LogP contribution is -2.34. The normalized spacial score (nSPS) is 23.7. The molecule has 0 amide bonds. The Labute approximate surface area is 98.5 Å². The van der Waals surface area contributed by atoms with Gasteiger partial charge >= 0.3 is 0 Å². The lowest BCUT2D eigenvalue weighted by atomic mass is 10.2. The molecule has 6 nitrogen and oxygen atoms in total. The molecule has 1 aliphatic heterocycles. The van der Waals surface area contributed by atoms with E-state index in [1.807, 2.05) is 0 Å². The van der Waals surface area contributed by atoms with Gasteiger partial charge in [-0.1, -0.05) is 0 Å². The van der Waals surface area contributed by atoms with Crippen LogP contribution in [0.5, 0.6) is 5.88 Å². The van der Waals surface area contributed by atoms with E-state index in [4.69, 9.17) is 9.47 Å². The van der Waals surface area contributed by atoms with Crippen LogP contribution >= 0.6 is 0 Å². The van der Waals surface area contributed by atoms with E-state index >= 15 is 0 Å². The summed E-state index contributed by atoms with van der Waals surface area (Å²) >= 11 is 0. The van der Waals surface area contributed by atoms with E-state index < -0.39 is 5.82 Å². The first-order valence-corrected chi connectivity index (χ1v) is 5.31. The molecule has 2 N–H and O–H groups in total. The van der Waals surface area contributed by atoms with Crippen LogP contribution in [0.15, 0.2) is 6.20 Å². The average Bonchev–Trinajstić information content (AvgIpc) is 2.79. The first kappa shape index (κ1) is 12.0. The number of methoxy groups -OCH3 is 2. The van der Waals surface area contributed by atoms with Crippen LogP contribution in [0.25, 0.3) is 0 Å². The zero-order valence-electron chi connectivity index (χ0n) is 9.74. The molecule has 0 unspecified atom stereocenters. The summed E-state index contributed by atoms with van der Waals surface area (Å²) in [5.74, 6) is -0.313. The predicted octanol–water partition coefficient (Wildman–Crippen LogP) is 0.0230. The van der Waals surface area contributed by atoms with Gasteiger partial charge in [-0.25, -0.2) is 4.98 Å². The summed E-state index contributed by atoms with van der Waals surface area (Å²) in [6.45, 7) is 1.52. The first-order valence-electron chi connectivity index (χ1n) is 5.31. The van der Waals surface area contributed by atoms with Gasteiger partial charge in [-0.3, -0.25) is 0 Å². The Morgan fingerprint density at radius 2 is 2.29 bits per heavy atom. The summed E-state index contributed by atoms with van der Waals surface area (Å²) in [5.41, 5.74) is 0. The summed E-state index contributed by atoms with van der Waals surface area (Å²) in [7, 11) is 3.02. The molecule has 94 valence electrons. The van der Waals surface area contributed by atoms with Gasteiger partial charge in [-0.05, 0) is 0 Å². The number of nitrogens with one attached hydrogen (secondary N) is 2. The highest BCUT2D eigenvalue weighted by atomic mass is 19.1. The van der Waals surface area contributed by atoms with E-state index in [1.54, 1.807) is 7.11 Å². The Hall–Kier alpha value is -1.47. The highest BCUT2D eigenvalue weighted by Gasteiger charge is 2.27. The van der Waals surface area contributed by atoms with Crippen molar-refractivity contribution in [2.24, 2.45) is 0 Å². The van der Waals surface area contributed by atoms with Gasteiger partial charge in [0.05, 0.1) is 25.5 Å². The number of rotatable bonds is 4. The van der Waals surface area contributed by atoms with Crippen molar-refractivity contribution < 1.29 is 13.9 Å². The quantitative estimate of drug-likeness (QED) is 0.776. The third-order valence-electron chi connectivity index (χ3n) is 2.68. The molecule has 0 spiro atoms. The molecular formula is C10H15FN4O2. The third kappa shape index (κ3) is 2.62. The van der Waals surface area contributed by atoms with E-state index in [0.29, 0.717) is 5.95 Å². The van der Waals surface area contributed by atoms with E-state index in [-0.39, 0.29) is 18.0 Å². The van der Waals surface area contributed by atoms with E-state index in [2.05, 4.69) is 20.6 Å². The minimum Gasteiger partial charge on any atom is -0.479 e. The van der Waals surface area contributed by atoms with Gasteiger partial charge in [-0.15, -0.1) is 0 Å². The van der Waals surface area contributed by atoms with Crippen molar-refractivity contribution in [3.63, 3.8) is 0 Å². The number of hydrogen-bond acceptors (Lipinski definition) is 6. The van der Waals surface area contributed by atoms with Gasteiger partial charge in [0, 0.05) is 20.2 Å². The SMILES string of the molecule is COc1nc(N[C@H]2CNC[C@@H]2OC)ncc1F. The Balaban J connectivity index is 2.08. The highest BCUT2D eigenvalue weighted by molar-refractivity contribution is 5.31. The number of halogens is 1. The first-order chi connectivity index (χ1) is 8.24. The monoisotopic (exact) mass is 242 g/mol. The summed E-state index contributed by atoms with van der Waals surface area (Å²) < 4.78 is 23.2. The molecule has 0 saturated carbocycles. The molecule has 0 aliphatic carbocycles. The molecule has 7 heteroatoms. The van der Waals surface area contributed by atoms with Crippen molar-refractivity contribution in [1.82, 2.24) is 15.3 Å². The average molecular weight is 242 g/mol. The van der Waals surface area contributed by atoms with Crippen LogP contribution in [-0.4, -0.2) is 49.4 Å². The second-order valence-corrected chi connectivity index (χ2v) is 3.73. The fourth-order valence-corrected chi connectivity index (χ4v) is 1.78. The highest BCUT2D eigenvalue weighted by Crippen LogP contribution is 2.15. The summed E-state index contributed by atoms with van der Waals surface area (Å²) in [6, 6.07) is 0.0650. The van der Waals surface area contributed by atoms with Crippen LogP contribution in [0.4, 0.5) is 10.3 Å². The van der Waals surface area contributed by atoms with Gasteiger partial charge in [-0.2, -0.15) is 9.37 Å². The number of ether oxygens (including phenoxy) is 2. The number of aromatic nitrogens is 2. The van der Waals surface area contributed by atoms with Crippen LogP contribution in [0.1, 0.15) is 0 Å². The number of nitrogens with zero attached hydrogens (tertiary/aromatic N) is 2. The fourth-order valence-electron chi connectivity index (χ4n) is 1.78. The molecule has 1 aliphatic rings. The minimum absolute atomic E-state index is 0.0506. The standard InChI is InChI=1S/C10H15FN4O2/c1-16-8-5-12-4-7(8)14-10-13-3-6(11)9(15-10)17-2/h3,7-8,12H,4-5H2,1-2H3,(H,13,14,15)/t7-,8-/m0/s1. The van der Waals surface area contributed by atoms with Gasteiger partial charge in [0.15, 0.2) is 0 Å². The molecule has 2 heterocycles. The maximum Gasteiger partial charge on any atom is 0.255 e. The van der Waals surface area contributed by atoms with Crippen molar-refractivity contribution in [1.29, 1.82) is 0 Å². The van der Waals surface area contributed by atoms with Crippen LogP contribution in [-0.2, 0) is 4.74 Å². The Kier molecular flexibility index (Phi) is 3.70. The van der Waals surface area contributed by atoms with Crippen molar-refractivity contribution >= 4 is 5.95 Å². The zero-order valence-corrected chi connectivity index (χ0v) is 9.74. The maximum atomic E-state index is 13.1. The lowest BCUT2D eigenvalue weighted by Gasteiger charge is -2.18. The Morgan fingerprint density at radius 1 is 1.47 bits per heavy atom. The molecule has 2 atom stereocenters. The number of anilines is 1. The maximum absolute atomic E-state index is 13.1. The van der Waals surface area contributed by atoms with Gasteiger partial charge in [0.1, 0.15) is 0 Å². The Bertz CT molecular complexity index is 391. The van der Waals surface area contributed by atoms with E-state index in [0.717, 1.165) is 19.3 Å². The Morgan fingerprint density at radius 3 is 3.00 bits per heavy atom. The van der Waals surface area contributed by atoms with Gasteiger partial charge in [0.25, 0.3) is 5.88 Å². The molecule has 0 radical (unpaired) electrons. The van der Waals surface area contributed by atoms with E-state index in [1.165, 1.54) is 7.11 Å². The third-order valence-corrected chi connectivity index (χ3v) is 2.68. The molecule has 1 aromatic rings. The summed E-state index contributed by atoms with van der Waals surface area (Å²) in [5, 5.41) is 6.27. The van der Waals surface area contributed by atoms with Crippen LogP contribution in [0.3, 0.4) is 0 Å². The van der Waals surface area contributed by atoms with Crippen molar-refractivity contribution in [3.8, 4) is 5.88 Å². The van der Waals surface area contributed by atoms with Crippen molar-refractivity contribution in [3.05, 3.63) is 12.0 Å². The van der Waals surface area contributed by atoms with Crippen molar-refractivity contribution in [2.45, 2.75) is 12.1 Å². The summed E-state index contributed by atoms with van der Waals surface area (Å²) in [4.78, 5) is 7.78. The molecule has 2 rings (SSSR count). The van der Waals surface area contributed by atoms with Crippen LogP contribution in [0.2, 0.25) is 0 Å². The molecule has 1 fully saturated rings. The van der Waals surface area contributed by atoms with Crippen LogP contribution in [0, 0.1) is 5.82 Å². The minimum atomic E-state index is -0.578. The van der Waals surface area contributed by atoms with Gasteiger partial charge < -0.3 is 20.1 Å². The van der Waals surface area contributed by atoms with Crippen LogP contribution < -0.4 is 15.4 Å². The zero-order chi connectivity index (χ0) is 12.3. The second-order valence-electron chi connectivity index (χ2n) is 3.73. The van der Waals surface area contributed by atoms with Crippen molar-refractivity contribution in [2.75, 3.05) is 32.6 Å². The molecular weight excluding hydrogens is 227 g/mol. The second kappa shape index (κ2) is 5.24. The fraction of sp³-hybridized carbons (Fsp3) is 0.600. The topological polar surface area (TPSA) is 68.3 Å². The van der Waals surface area contributed by atoms with Gasteiger partial charge in [0.2, 0.25) is 11.8 Å². The lowest BCUT2D eigenvalue weighted by molar-refractivity contribution is 0.111. The molecule has 0 bridgehead atoms. The molecule has 17 heavy (non-hydrogen) atoms. The number of hydrogen-bond donors (Lipinski definition) is 2. The molecule has 1 aromatic heterocycles. The summed E-state index contributed by atoms with van der Waals surface area (Å²) in [6.07, 6.45) is 1.13. The smallest absolute Gasteiger partial charge is 0.255 e. The largest absolute Gasteiger partial charge is 0.479 e. The molecule has 0 aromatic carbocycles. The molecule has 1 saturated heterocycles. The predicted molar refractivity (Wildman–Crippen MR) is 59.6 cm³/mol.